The molecule has 16 heavy (non-hydrogen) atoms. The summed E-state index contributed by atoms with van der Waals surface area (Å²) in [5.74, 6) is -0.652. The van der Waals surface area contributed by atoms with Gasteiger partial charge in [0.25, 0.3) is 0 Å². The summed E-state index contributed by atoms with van der Waals surface area (Å²) in [6.07, 6.45) is -4.63. The number of primary amides is 1. The molecule has 0 aromatic heterocycles. The minimum absolute atomic E-state index is 0.160. The lowest BCUT2D eigenvalue weighted by molar-refractivity contribution is -0.123. The van der Waals surface area contributed by atoms with Crippen LogP contribution in [0.1, 0.15) is 20.3 Å². The van der Waals surface area contributed by atoms with Crippen LogP contribution in [-0.2, 0) is 4.79 Å². The van der Waals surface area contributed by atoms with Crippen molar-refractivity contribution < 1.29 is 22.8 Å². The van der Waals surface area contributed by atoms with Crippen molar-refractivity contribution in [3.05, 3.63) is 0 Å². The van der Waals surface area contributed by atoms with E-state index in [0.29, 0.717) is 0 Å². The summed E-state index contributed by atoms with van der Waals surface area (Å²) in [7, 11) is 0. The number of carbonyl (C=O) groups excluding carboxylic acids is 2. The first-order valence-corrected chi connectivity index (χ1v) is 4.43. The SMILES string of the molecule is CC(C)(CC(N)=O)NC(=O)NCC(F)(F)F. The smallest absolute Gasteiger partial charge is 0.370 e. The Bertz CT molecular complexity index is 276. The molecule has 5 nitrogen and oxygen atoms in total. The number of hydrogen-bond donors (Lipinski definition) is 3. The normalized spacial score (nSPS) is 12.1. The molecule has 0 unspecified atom stereocenters. The van der Waals surface area contributed by atoms with Crippen molar-refractivity contribution in [1.29, 1.82) is 0 Å². The van der Waals surface area contributed by atoms with Crippen LogP contribution in [-0.4, -0.2) is 30.2 Å². The predicted molar refractivity (Wildman–Crippen MR) is 50.5 cm³/mol. The minimum atomic E-state index is -4.47. The second kappa shape index (κ2) is 5.04. The molecule has 0 aliphatic carbocycles. The van der Waals surface area contributed by atoms with E-state index in [-0.39, 0.29) is 6.42 Å². The first-order chi connectivity index (χ1) is 7.02. The monoisotopic (exact) mass is 241 g/mol. The lowest BCUT2D eigenvalue weighted by Crippen LogP contribution is -2.51. The summed E-state index contributed by atoms with van der Waals surface area (Å²) in [4.78, 5) is 21.6. The Balaban J connectivity index is 4.09. The van der Waals surface area contributed by atoms with Crippen molar-refractivity contribution in [2.24, 2.45) is 5.73 Å². The number of amides is 3. The van der Waals surface area contributed by atoms with Crippen LogP contribution in [0.4, 0.5) is 18.0 Å². The zero-order chi connectivity index (χ0) is 13.0. The molecule has 0 atom stereocenters. The molecule has 8 heteroatoms. The molecule has 0 heterocycles. The predicted octanol–water partition coefficient (Wildman–Crippen LogP) is 0.502. The van der Waals surface area contributed by atoms with Gasteiger partial charge >= 0.3 is 12.2 Å². The van der Waals surface area contributed by atoms with Gasteiger partial charge < -0.3 is 16.4 Å². The summed E-state index contributed by atoms with van der Waals surface area (Å²) < 4.78 is 35.2. The van der Waals surface area contributed by atoms with Gasteiger partial charge in [-0.15, -0.1) is 0 Å². The fourth-order valence-electron chi connectivity index (χ4n) is 1.01. The third-order valence-corrected chi connectivity index (χ3v) is 1.52. The number of halogens is 3. The minimum Gasteiger partial charge on any atom is -0.370 e. The Morgan fingerprint density at radius 2 is 1.75 bits per heavy atom. The molecule has 0 aliphatic heterocycles. The van der Waals surface area contributed by atoms with E-state index in [1.165, 1.54) is 13.8 Å². The number of carbonyl (C=O) groups is 2. The van der Waals surface area contributed by atoms with E-state index >= 15 is 0 Å². The standard InChI is InChI=1S/C8H14F3N3O2/c1-7(2,3-5(12)15)14-6(16)13-4-8(9,10)11/h3-4H2,1-2H3,(H2,12,15)(H2,13,14,16). The van der Waals surface area contributed by atoms with Gasteiger partial charge in [0.15, 0.2) is 0 Å². The zero-order valence-electron chi connectivity index (χ0n) is 8.94. The Labute approximate surface area is 90.6 Å². The van der Waals surface area contributed by atoms with E-state index in [0.717, 1.165) is 0 Å². The maximum Gasteiger partial charge on any atom is 0.405 e. The van der Waals surface area contributed by atoms with Gasteiger partial charge in [0.2, 0.25) is 5.91 Å². The number of alkyl halides is 3. The number of nitrogens with one attached hydrogen (secondary N) is 2. The van der Waals surface area contributed by atoms with Crippen LogP contribution < -0.4 is 16.4 Å². The molecular weight excluding hydrogens is 227 g/mol. The second-order valence-corrected chi connectivity index (χ2v) is 3.95. The summed E-state index contributed by atoms with van der Waals surface area (Å²) in [5, 5.41) is 3.83. The molecule has 0 saturated carbocycles. The van der Waals surface area contributed by atoms with Gasteiger partial charge in [0.05, 0.1) is 0 Å². The maximum atomic E-state index is 11.7. The maximum absolute atomic E-state index is 11.7. The number of nitrogens with two attached hydrogens (primary N) is 1. The molecule has 94 valence electrons. The number of urea groups is 1. The second-order valence-electron chi connectivity index (χ2n) is 3.95. The summed E-state index contributed by atoms with van der Waals surface area (Å²) in [6, 6.07) is -0.997. The molecule has 0 aromatic rings. The van der Waals surface area contributed by atoms with E-state index in [9.17, 15) is 22.8 Å². The largest absolute Gasteiger partial charge is 0.405 e. The molecule has 0 rings (SSSR count). The molecule has 0 aromatic carbocycles. The van der Waals surface area contributed by atoms with Gasteiger partial charge in [-0.05, 0) is 13.8 Å². The first kappa shape index (κ1) is 14.5. The highest BCUT2D eigenvalue weighted by Crippen LogP contribution is 2.12. The molecule has 4 N–H and O–H groups in total. The highest BCUT2D eigenvalue weighted by Gasteiger charge is 2.29. The Morgan fingerprint density at radius 3 is 2.12 bits per heavy atom. The molecule has 0 radical (unpaired) electrons. The lowest BCUT2D eigenvalue weighted by atomic mass is 10.0. The Morgan fingerprint density at radius 1 is 1.25 bits per heavy atom. The Kier molecular flexibility index (Phi) is 4.58. The average Bonchev–Trinajstić information content (AvgIpc) is 1.95. The molecular formula is C8H14F3N3O2. The zero-order valence-corrected chi connectivity index (χ0v) is 8.94. The number of rotatable bonds is 4. The van der Waals surface area contributed by atoms with Crippen LogP contribution >= 0.6 is 0 Å². The summed E-state index contributed by atoms with van der Waals surface area (Å²) >= 11 is 0. The van der Waals surface area contributed by atoms with Crippen molar-refractivity contribution in [3.63, 3.8) is 0 Å². The van der Waals surface area contributed by atoms with Crippen LogP contribution in [0.25, 0.3) is 0 Å². The third kappa shape index (κ3) is 7.89. The van der Waals surface area contributed by atoms with E-state index in [1.54, 1.807) is 5.32 Å². The van der Waals surface area contributed by atoms with Crippen LogP contribution in [0.2, 0.25) is 0 Å². The van der Waals surface area contributed by atoms with Crippen molar-refractivity contribution in [3.8, 4) is 0 Å². The van der Waals surface area contributed by atoms with E-state index in [1.807, 2.05) is 0 Å². The van der Waals surface area contributed by atoms with Gasteiger partial charge in [-0.3, -0.25) is 4.79 Å². The topological polar surface area (TPSA) is 84.2 Å². The van der Waals surface area contributed by atoms with Gasteiger partial charge in [-0.2, -0.15) is 13.2 Å². The van der Waals surface area contributed by atoms with Gasteiger partial charge in [0.1, 0.15) is 6.54 Å². The highest BCUT2D eigenvalue weighted by atomic mass is 19.4. The fraction of sp³-hybridized carbons (Fsp3) is 0.750. The van der Waals surface area contributed by atoms with Gasteiger partial charge in [-0.1, -0.05) is 0 Å². The quantitative estimate of drug-likeness (QED) is 0.669. The molecule has 0 saturated heterocycles. The van der Waals surface area contributed by atoms with Gasteiger partial charge in [0, 0.05) is 12.0 Å². The third-order valence-electron chi connectivity index (χ3n) is 1.52. The number of hydrogen-bond acceptors (Lipinski definition) is 2. The lowest BCUT2D eigenvalue weighted by Gasteiger charge is -2.24. The van der Waals surface area contributed by atoms with Crippen molar-refractivity contribution in [2.45, 2.75) is 32.0 Å². The molecule has 3 amide bonds. The molecule has 0 spiro atoms. The van der Waals surface area contributed by atoms with Crippen LogP contribution in [0.5, 0.6) is 0 Å². The van der Waals surface area contributed by atoms with E-state index in [4.69, 9.17) is 5.73 Å². The van der Waals surface area contributed by atoms with Crippen molar-refractivity contribution >= 4 is 11.9 Å². The fourth-order valence-corrected chi connectivity index (χ4v) is 1.01. The van der Waals surface area contributed by atoms with Gasteiger partial charge in [-0.25, -0.2) is 4.79 Å². The summed E-state index contributed by atoms with van der Waals surface area (Å²) in [5.41, 5.74) is 3.92. The van der Waals surface area contributed by atoms with Crippen LogP contribution in [0.3, 0.4) is 0 Å². The molecule has 0 fully saturated rings. The molecule has 0 aliphatic rings. The molecule has 0 bridgehead atoms. The van der Waals surface area contributed by atoms with Crippen LogP contribution in [0.15, 0.2) is 0 Å². The van der Waals surface area contributed by atoms with Crippen molar-refractivity contribution in [1.82, 2.24) is 10.6 Å². The first-order valence-electron chi connectivity index (χ1n) is 4.43. The Hall–Kier alpha value is -1.47. The van der Waals surface area contributed by atoms with E-state index in [2.05, 4.69) is 5.32 Å². The van der Waals surface area contributed by atoms with E-state index < -0.39 is 30.2 Å². The van der Waals surface area contributed by atoms with Crippen LogP contribution in [0, 0.1) is 0 Å². The summed E-state index contributed by atoms with van der Waals surface area (Å²) in [6.45, 7) is 1.53. The average molecular weight is 241 g/mol. The highest BCUT2D eigenvalue weighted by molar-refractivity contribution is 5.78. The van der Waals surface area contributed by atoms with Crippen molar-refractivity contribution in [2.75, 3.05) is 6.54 Å².